The first-order chi connectivity index (χ1) is 22.8. The number of rotatable bonds is 8. The van der Waals surface area contributed by atoms with E-state index >= 15 is 0 Å². The molecule has 0 fully saturated rings. The predicted molar refractivity (Wildman–Crippen MR) is 191 cm³/mol. The van der Waals surface area contributed by atoms with Crippen molar-refractivity contribution in [3.8, 4) is 0 Å². The van der Waals surface area contributed by atoms with Gasteiger partial charge in [-0.3, -0.25) is 25.0 Å². The molecule has 0 atom stereocenters. The van der Waals surface area contributed by atoms with Crippen LogP contribution in [-0.4, -0.2) is 28.3 Å². The lowest BCUT2D eigenvalue weighted by Crippen LogP contribution is -2.22. The van der Waals surface area contributed by atoms with Crippen LogP contribution in [-0.2, 0) is 16.6 Å². The van der Waals surface area contributed by atoms with E-state index in [1.807, 2.05) is 36.4 Å². The van der Waals surface area contributed by atoms with Crippen molar-refractivity contribution in [2.24, 2.45) is 0 Å². The number of nitrogens with two attached hydrogens (primary N) is 1. The second kappa shape index (κ2) is 17.2. The number of nitro benzene ring substituents is 2. The highest BCUT2D eigenvalue weighted by atomic mass is 79.9. The molecular formula is C36H39BrN4O7. The minimum Gasteiger partial charge on any atom is -0.462 e. The number of esters is 1. The number of ether oxygens (including phenoxy) is 1. The van der Waals surface area contributed by atoms with Crippen LogP contribution in [0, 0.1) is 20.2 Å². The van der Waals surface area contributed by atoms with E-state index in [0.29, 0.717) is 34.8 Å². The number of hydrogen-bond donors (Lipinski definition) is 1. The van der Waals surface area contributed by atoms with E-state index in [1.54, 1.807) is 24.0 Å². The molecule has 0 radical (unpaired) electrons. The first kappa shape index (κ1) is 37.4. The Morgan fingerprint density at radius 2 is 1.38 bits per heavy atom. The van der Waals surface area contributed by atoms with E-state index < -0.39 is 15.8 Å². The van der Waals surface area contributed by atoms with Crippen molar-refractivity contribution < 1.29 is 24.2 Å². The van der Waals surface area contributed by atoms with Gasteiger partial charge in [0.2, 0.25) is 0 Å². The number of amides is 1. The molecule has 0 aromatic heterocycles. The van der Waals surface area contributed by atoms with Crippen LogP contribution in [0.2, 0.25) is 0 Å². The molecule has 0 bridgehead atoms. The smallest absolute Gasteiger partial charge is 0.338 e. The maximum atomic E-state index is 12.5. The number of alkyl halides is 1. The van der Waals surface area contributed by atoms with Crippen LogP contribution in [0.3, 0.4) is 0 Å². The fraction of sp³-hybridized carbons (Fsp3) is 0.278. The van der Waals surface area contributed by atoms with Gasteiger partial charge in [0.1, 0.15) is 0 Å². The van der Waals surface area contributed by atoms with E-state index in [4.69, 9.17) is 10.5 Å². The maximum absolute atomic E-state index is 12.5. The van der Waals surface area contributed by atoms with Gasteiger partial charge < -0.3 is 15.4 Å². The molecule has 252 valence electrons. The van der Waals surface area contributed by atoms with Crippen LogP contribution in [0.15, 0.2) is 84.9 Å². The number of anilines is 2. The number of nitro groups is 2. The van der Waals surface area contributed by atoms with Gasteiger partial charge >= 0.3 is 5.97 Å². The first-order valence-corrected chi connectivity index (χ1v) is 16.4. The molecule has 1 amide bonds. The zero-order valence-corrected chi connectivity index (χ0v) is 29.1. The van der Waals surface area contributed by atoms with Gasteiger partial charge in [0.05, 0.1) is 34.1 Å². The zero-order valence-electron chi connectivity index (χ0n) is 27.5. The minimum atomic E-state index is -0.541. The fourth-order valence-corrected chi connectivity index (χ4v) is 5.21. The van der Waals surface area contributed by atoms with Crippen molar-refractivity contribution in [2.45, 2.75) is 58.3 Å². The summed E-state index contributed by atoms with van der Waals surface area (Å²) < 4.78 is 4.82. The van der Waals surface area contributed by atoms with Crippen LogP contribution in [0.4, 0.5) is 22.7 Å². The summed E-state index contributed by atoms with van der Waals surface area (Å²) in [5, 5.41) is 21.9. The highest BCUT2D eigenvalue weighted by Gasteiger charge is 2.30. The Kier molecular flexibility index (Phi) is 13.4. The van der Waals surface area contributed by atoms with Crippen molar-refractivity contribution in [2.75, 3.05) is 17.2 Å². The first-order valence-electron chi connectivity index (χ1n) is 15.3. The van der Waals surface area contributed by atoms with Gasteiger partial charge in [-0.2, -0.15) is 0 Å². The number of fused-ring (bicyclic) bond motifs is 1. The fourth-order valence-electron chi connectivity index (χ4n) is 4.72. The molecule has 2 N–H and O–H groups in total. The van der Waals surface area contributed by atoms with Crippen LogP contribution in [0.5, 0.6) is 0 Å². The molecule has 1 heterocycles. The Hall–Kier alpha value is -5.10. The highest BCUT2D eigenvalue weighted by molar-refractivity contribution is 9.08. The van der Waals surface area contributed by atoms with Crippen molar-refractivity contribution >= 4 is 50.6 Å². The third kappa shape index (κ3) is 9.71. The summed E-state index contributed by atoms with van der Waals surface area (Å²) in [6.07, 6.45) is 0. The molecular weight excluding hydrogens is 680 g/mol. The SMILES string of the molecule is CC(C)c1ccc(N)cc1.CC(C)c1ccc(N2Cc3ccc([N+](=O)[O-])cc3C2=O)cc1.CCOC(=O)c1cc([N+](=O)[O-])ccc1CBr. The Labute approximate surface area is 288 Å². The zero-order chi connectivity index (χ0) is 35.5. The third-order valence-electron chi connectivity index (χ3n) is 7.53. The van der Waals surface area contributed by atoms with Gasteiger partial charge in [0, 0.05) is 41.0 Å². The molecule has 0 unspecified atom stereocenters. The normalized spacial score (nSPS) is 11.7. The molecule has 0 saturated carbocycles. The molecule has 0 saturated heterocycles. The monoisotopic (exact) mass is 718 g/mol. The van der Waals surface area contributed by atoms with Gasteiger partial charge in [-0.05, 0) is 71.3 Å². The summed E-state index contributed by atoms with van der Waals surface area (Å²) in [5.41, 5.74) is 11.7. The number of nitrogens with zero attached hydrogens (tertiary/aromatic N) is 3. The molecule has 11 nitrogen and oxygen atoms in total. The van der Waals surface area contributed by atoms with Crippen molar-refractivity contribution in [1.29, 1.82) is 0 Å². The van der Waals surface area contributed by atoms with E-state index in [-0.39, 0.29) is 29.5 Å². The quantitative estimate of drug-likeness (QED) is 0.0621. The lowest BCUT2D eigenvalue weighted by atomic mass is 10.0. The van der Waals surface area contributed by atoms with E-state index in [1.165, 1.54) is 35.4 Å². The summed E-state index contributed by atoms with van der Waals surface area (Å²) >= 11 is 3.21. The number of benzene rings is 4. The van der Waals surface area contributed by atoms with Gasteiger partial charge in [-0.25, -0.2) is 4.79 Å². The number of halogens is 1. The Morgan fingerprint density at radius 1 is 0.854 bits per heavy atom. The summed E-state index contributed by atoms with van der Waals surface area (Å²) in [6.45, 7) is 11.0. The van der Waals surface area contributed by atoms with Gasteiger partial charge in [0.15, 0.2) is 0 Å². The molecule has 0 aliphatic carbocycles. The number of carbonyl (C=O) groups excluding carboxylic acids is 2. The van der Waals surface area contributed by atoms with Crippen LogP contribution < -0.4 is 10.6 Å². The Balaban J connectivity index is 0.000000211. The summed E-state index contributed by atoms with van der Waals surface area (Å²) in [7, 11) is 0. The second-order valence-corrected chi connectivity index (χ2v) is 12.1. The van der Waals surface area contributed by atoms with Gasteiger partial charge in [0.25, 0.3) is 17.3 Å². The highest BCUT2D eigenvalue weighted by Crippen LogP contribution is 2.31. The Morgan fingerprint density at radius 3 is 1.88 bits per heavy atom. The number of hydrogen-bond acceptors (Lipinski definition) is 8. The lowest BCUT2D eigenvalue weighted by molar-refractivity contribution is -0.385. The summed E-state index contributed by atoms with van der Waals surface area (Å²) in [6, 6.07) is 24.5. The van der Waals surface area contributed by atoms with Crippen LogP contribution in [0.25, 0.3) is 0 Å². The van der Waals surface area contributed by atoms with Crippen molar-refractivity contribution in [3.63, 3.8) is 0 Å². The van der Waals surface area contributed by atoms with E-state index in [2.05, 4.69) is 55.8 Å². The molecule has 5 rings (SSSR count). The molecule has 12 heteroatoms. The third-order valence-corrected chi connectivity index (χ3v) is 8.13. The minimum absolute atomic E-state index is 0.0518. The van der Waals surface area contributed by atoms with Gasteiger partial charge in [-0.1, -0.05) is 74.0 Å². The standard InChI is InChI=1S/C17H16N2O3.C10H10BrNO4.C9H13N/c1-11(2)12-3-6-14(7-4-12)18-10-13-5-8-15(19(21)22)9-16(13)17(18)20;1-2-16-10(13)9-5-8(12(14)15)4-3-7(9)6-11;1-7(2)8-3-5-9(10)6-4-8/h3-9,11H,10H2,1-2H3;3-5H,2,6H2,1H3;3-7H,10H2,1-2H3. The average molecular weight is 720 g/mol. The van der Waals surface area contributed by atoms with Gasteiger partial charge in [-0.15, -0.1) is 0 Å². The van der Waals surface area contributed by atoms with Crippen LogP contribution in [0.1, 0.15) is 89.4 Å². The topological polar surface area (TPSA) is 159 Å². The number of non-ortho nitro benzene ring substituents is 2. The van der Waals surface area contributed by atoms with E-state index in [0.717, 1.165) is 16.9 Å². The second-order valence-electron chi connectivity index (χ2n) is 11.5. The molecule has 0 spiro atoms. The maximum Gasteiger partial charge on any atom is 0.338 e. The largest absolute Gasteiger partial charge is 0.462 e. The predicted octanol–water partition coefficient (Wildman–Crippen LogP) is 8.94. The summed E-state index contributed by atoms with van der Waals surface area (Å²) in [5.74, 6) is 0.306. The molecule has 48 heavy (non-hydrogen) atoms. The molecule has 1 aliphatic heterocycles. The molecule has 1 aliphatic rings. The number of carbonyl (C=O) groups is 2. The van der Waals surface area contributed by atoms with Crippen molar-refractivity contribution in [3.05, 3.63) is 139 Å². The molecule has 4 aromatic carbocycles. The molecule has 4 aromatic rings. The lowest BCUT2D eigenvalue weighted by Gasteiger charge is -2.16. The van der Waals surface area contributed by atoms with Crippen molar-refractivity contribution in [1.82, 2.24) is 0 Å². The van der Waals surface area contributed by atoms with Crippen LogP contribution >= 0.6 is 15.9 Å². The average Bonchev–Trinajstić information content (AvgIpc) is 3.40. The summed E-state index contributed by atoms with van der Waals surface area (Å²) in [4.78, 5) is 46.1. The van der Waals surface area contributed by atoms with E-state index in [9.17, 15) is 29.8 Å². The number of nitrogen functional groups attached to an aromatic ring is 1. The Bertz CT molecular complexity index is 1760.